The number of alkyl carbamates (subject to hydrolysis) is 1. The number of amides is 2. The highest BCUT2D eigenvalue weighted by atomic mass is 16.5. The van der Waals surface area contributed by atoms with Crippen LogP contribution in [0, 0.1) is 5.41 Å². The molecule has 0 radical (unpaired) electrons. The minimum atomic E-state index is -0.815. The van der Waals surface area contributed by atoms with Gasteiger partial charge in [-0.15, -0.1) is 0 Å². The number of carboxylic acid groups (broad SMARTS) is 1. The second-order valence-corrected chi connectivity index (χ2v) is 9.73. The maximum Gasteiger partial charge on any atom is 0.407 e. The van der Waals surface area contributed by atoms with Crippen LogP contribution in [0.3, 0.4) is 0 Å². The summed E-state index contributed by atoms with van der Waals surface area (Å²) >= 11 is 0. The van der Waals surface area contributed by atoms with Crippen LogP contribution >= 0.6 is 0 Å². The highest BCUT2D eigenvalue weighted by Crippen LogP contribution is 2.44. The molecule has 7 nitrogen and oxygen atoms in total. The SMILES string of the molecule is C[C@H](CC(=O)NCCC(C)(C)CCC(=O)O)NC(=O)OCC1c2ccccc2-c2ccccc21. The summed E-state index contributed by atoms with van der Waals surface area (Å²) in [5.74, 6) is -0.994. The van der Waals surface area contributed by atoms with Crippen LogP contribution < -0.4 is 10.6 Å². The fourth-order valence-electron chi connectivity index (χ4n) is 4.35. The number of carbonyl (C=O) groups excluding carboxylic acids is 2. The average molecular weight is 467 g/mol. The number of ether oxygens (including phenoxy) is 1. The van der Waals surface area contributed by atoms with Gasteiger partial charge in [0, 0.05) is 31.3 Å². The van der Waals surface area contributed by atoms with E-state index < -0.39 is 12.1 Å². The van der Waals surface area contributed by atoms with Gasteiger partial charge in [0.1, 0.15) is 6.61 Å². The Morgan fingerprint density at radius 3 is 2.18 bits per heavy atom. The van der Waals surface area contributed by atoms with Crippen LogP contribution in [0.5, 0.6) is 0 Å². The smallest absolute Gasteiger partial charge is 0.407 e. The predicted octanol–water partition coefficient (Wildman–Crippen LogP) is 4.70. The van der Waals surface area contributed by atoms with Crippen LogP contribution in [-0.2, 0) is 14.3 Å². The minimum absolute atomic E-state index is 0.0127. The van der Waals surface area contributed by atoms with Crippen molar-refractivity contribution in [2.45, 2.75) is 58.4 Å². The van der Waals surface area contributed by atoms with Gasteiger partial charge in [0.25, 0.3) is 0 Å². The molecule has 0 saturated carbocycles. The molecule has 0 aromatic heterocycles. The van der Waals surface area contributed by atoms with Crippen molar-refractivity contribution in [2.24, 2.45) is 5.41 Å². The number of rotatable bonds is 11. The molecule has 3 rings (SSSR count). The van der Waals surface area contributed by atoms with Crippen molar-refractivity contribution in [1.82, 2.24) is 10.6 Å². The van der Waals surface area contributed by atoms with Crippen molar-refractivity contribution in [3.8, 4) is 11.1 Å². The number of hydrogen-bond acceptors (Lipinski definition) is 4. The van der Waals surface area contributed by atoms with E-state index in [1.54, 1.807) is 6.92 Å². The zero-order valence-corrected chi connectivity index (χ0v) is 20.1. The number of benzene rings is 2. The summed E-state index contributed by atoms with van der Waals surface area (Å²) in [5.41, 5.74) is 4.47. The van der Waals surface area contributed by atoms with Gasteiger partial charge in [-0.05, 0) is 47.4 Å². The lowest BCUT2D eigenvalue weighted by molar-refractivity contribution is -0.137. The molecule has 1 aliphatic carbocycles. The van der Waals surface area contributed by atoms with Crippen LogP contribution in [0.15, 0.2) is 48.5 Å². The largest absolute Gasteiger partial charge is 0.481 e. The number of hydrogen-bond donors (Lipinski definition) is 3. The average Bonchev–Trinajstić information content (AvgIpc) is 3.10. The third kappa shape index (κ3) is 6.83. The van der Waals surface area contributed by atoms with Crippen molar-refractivity contribution >= 4 is 18.0 Å². The van der Waals surface area contributed by atoms with E-state index in [0.717, 1.165) is 11.1 Å². The first kappa shape index (κ1) is 25.3. The van der Waals surface area contributed by atoms with Crippen LogP contribution in [0.1, 0.15) is 63.5 Å². The van der Waals surface area contributed by atoms with Crippen LogP contribution in [0.2, 0.25) is 0 Å². The summed E-state index contributed by atoms with van der Waals surface area (Å²) in [5, 5.41) is 14.4. The lowest BCUT2D eigenvalue weighted by atomic mass is 9.84. The van der Waals surface area contributed by atoms with Crippen LogP contribution in [0.25, 0.3) is 11.1 Å². The van der Waals surface area contributed by atoms with Gasteiger partial charge in [0.15, 0.2) is 0 Å². The molecule has 1 atom stereocenters. The molecule has 0 heterocycles. The third-order valence-corrected chi connectivity index (χ3v) is 6.34. The quantitative estimate of drug-likeness (QED) is 0.445. The molecular weight excluding hydrogens is 432 g/mol. The molecule has 0 unspecified atom stereocenters. The van der Waals surface area contributed by atoms with Crippen molar-refractivity contribution < 1.29 is 24.2 Å². The molecule has 2 aromatic carbocycles. The van der Waals surface area contributed by atoms with Gasteiger partial charge in [0.05, 0.1) is 0 Å². The molecule has 1 aliphatic rings. The highest BCUT2D eigenvalue weighted by molar-refractivity contribution is 5.79. The van der Waals surface area contributed by atoms with Gasteiger partial charge in [-0.2, -0.15) is 0 Å². The highest BCUT2D eigenvalue weighted by Gasteiger charge is 2.29. The molecular formula is C27H34N2O5. The van der Waals surface area contributed by atoms with E-state index >= 15 is 0 Å². The fraction of sp³-hybridized carbons (Fsp3) is 0.444. The fourth-order valence-corrected chi connectivity index (χ4v) is 4.35. The Bertz CT molecular complexity index is 988. The van der Waals surface area contributed by atoms with E-state index in [-0.39, 0.29) is 42.7 Å². The second-order valence-electron chi connectivity index (χ2n) is 9.73. The zero-order valence-electron chi connectivity index (χ0n) is 20.1. The van der Waals surface area contributed by atoms with E-state index in [2.05, 4.69) is 34.9 Å². The summed E-state index contributed by atoms with van der Waals surface area (Å²) < 4.78 is 5.53. The topological polar surface area (TPSA) is 105 Å². The summed E-state index contributed by atoms with van der Waals surface area (Å²) in [6, 6.07) is 15.9. The maximum absolute atomic E-state index is 12.4. The molecule has 0 aliphatic heterocycles. The Morgan fingerprint density at radius 2 is 1.59 bits per heavy atom. The molecule has 0 saturated heterocycles. The number of carboxylic acids is 1. The maximum atomic E-state index is 12.4. The summed E-state index contributed by atoms with van der Waals surface area (Å²) in [6.45, 7) is 6.43. The molecule has 0 spiro atoms. The molecule has 0 fully saturated rings. The Morgan fingerprint density at radius 1 is 1.00 bits per heavy atom. The Kier molecular flexibility index (Phi) is 8.31. The Balaban J connectivity index is 1.42. The summed E-state index contributed by atoms with van der Waals surface area (Å²) in [6.07, 6.45) is 0.942. The van der Waals surface area contributed by atoms with Gasteiger partial charge < -0.3 is 20.5 Å². The summed E-state index contributed by atoms with van der Waals surface area (Å²) in [4.78, 5) is 35.4. The molecule has 182 valence electrons. The van der Waals surface area contributed by atoms with Crippen LogP contribution in [-0.4, -0.2) is 42.3 Å². The zero-order chi connectivity index (χ0) is 24.7. The molecule has 34 heavy (non-hydrogen) atoms. The van der Waals surface area contributed by atoms with E-state index in [1.165, 1.54) is 11.1 Å². The number of aliphatic carboxylic acids is 1. The molecule has 2 aromatic rings. The van der Waals surface area contributed by atoms with E-state index in [4.69, 9.17) is 9.84 Å². The van der Waals surface area contributed by atoms with Gasteiger partial charge >= 0.3 is 12.1 Å². The predicted molar refractivity (Wildman–Crippen MR) is 131 cm³/mol. The molecule has 7 heteroatoms. The van der Waals surface area contributed by atoms with E-state index in [0.29, 0.717) is 19.4 Å². The normalized spacial score (nSPS) is 13.5. The first-order chi connectivity index (χ1) is 16.2. The number of nitrogens with one attached hydrogen (secondary N) is 2. The monoisotopic (exact) mass is 466 g/mol. The van der Waals surface area contributed by atoms with Gasteiger partial charge in [-0.25, -0.2) is 4.79 Å². The van der Waals surface area contributed by atoms with Gasteiger partial charge in [0.2, 0.25) is 5.91 Å². The van der Waals surface area contributed by atoms with Crippen LogP contribution in [0.4, 0.5) is 4.79 Å². The number of fused-ring (bicyclic) bond motifs is 3. The summed E-state index contributed by atoms with van der Waals surface area (Å²) in [7, 11) is 0. The lowest BCUT2D eigenvalue weighted by Gasteiger charge is -2.24. The third-order valence-electron chi connectivity index (χ3n) is 6.34. The molecule has 0 bridgehead atoms. The standard InChI is InChI=1S/C27H34N2O5/c1-18(16-24(30)28-15-14-27(2,3)13-12-25(31)32)29-26(33)34-17-23-21-10-6-4-8-19(21)20-9-5-7-11-22(20)23/h4-11,18,23H,12-17H2,1-3H3,(H,28,30)(H,29,33)(H,31,32)/t18-/m1/s1. The van der Waals surface area contributed by atoms with E-state index in [1.807, 2.05) is 38.1 Å². The van der Waals surface area contributed by atoms with Gasteiger partial charge in [-0.3, -0.25) is 9.59 Å². The minimum Gasteiger partial charge on any atom is -0.481 e. The second kappa shape index (κ2) is 11.2. The first-order valence-corrected chi connectivity index (χ1v) is 11.8. The van der Waals surface area contributed by atoms with E-state index in [9.17, 15) is 14.4 Å². The number of carbonyl (C=O) groups is 3. The van der Waals surface area contributed by atoms with Crippen molar-refractivity contribution in [3.05, 3.63) is 59.7 Å². The Hall–Kier alpha value is -3.35. The Labute approximate surface area is 200 Å². The first-order valence-electron chi connectivity index (χ1n) is 11.8. The lowest BCUT2D eigenvalue weighted by Crippen LogP contribution is -2.38. The van der Waals surface area contributed by atoms with Crippen molar-refractivity contribution in [2.75, 3.05) is 13.2 Å². The van der Waals surface area contributed by atoms with Crippen molar-refractivity contribution in [3.63, 3.8) is 0 Å². The molecule has 2 amide bonds. The molecule has 3 N–H and O–H groups in total. The van der Waals surface area contributed by atoms with Crippen molar-refractivity contribution in [1.29, 1.82) is 0 Å². The van der Waals surface area contributed by atoms with Gasteiger partial charge in [-0.1, -0.05) is 62.4 Å².